The van der Waals surface area contributed by atoms with Crippen molar-refractivity contribution in [2.75, 3.05) is 13.4 Å². The van der Waals surface area contributed by atoms with Gasteiger partial charge < -0.3 is 54.0 Å². The topological polar surface area (TPSA) is 189 Å². The number of rotatable bonds is 4. The Morgan fingerprint density at radius 1 is 1.03 bits per heavy atom. The Morgan fingerprint density at radius 3 is 2.56 bits per heavy atom. The fourth-order valence-corrected chi connectivity index (χ4v) is 3.90. The van der Waals surface area contributed by atoms with Crippen molar-refractivity contribution in [3.8, 4) is 39.9 Å². The number of aromatic hydroxyl groups is 2. The van der Waals surface area contributed by atoms with Crippen molar-refractivity contribution in [1.82, 2.24) is 0 Å². The van der Waals surface area contributed by atoms with Crippen LogP contribution >= 0.6 is 0 Å². The van der Waals surface area contributed by atoms with E-state index in [0.717, 1.165) is 0 Å². The normalized spacial score (nSPS) is 26.1. The van der Waals surface area contributed by atoms with Crippen LogP contribution < -0.4 is 19.6 Å². The van der Waals surface area contributed by atoms with E-state index in [2.05, 4.69) is 0 Å². The van der Waals surface area contributed by atoms with E-state index >= 15 is 0 Å². The highest BCUT2D eigenvalue weighted by atomic mass is 16.7. The van der Waals surface area contributed by atoms with Crippen molar-refractivity contribution in [1.29, 1.82) is 0 Å². The third kappa shape index (κ3) is 3.48. The number of aliphatic hydroxyl groups is 4. The van der Waals surface area contributed by atoms with Gasteiger partial charge in [-0.25, -0.2) is 0 Å². The maximum absolute atomic E-state index is 13.1. The van der Waals surface area contributed by atoms with Gasteiger partial charge in [-0.05, 0) is 17.7 Å². The van der Waals surface area contributed by atoms with Gasteiger partial charge in [0.2, 0.25) is 24.3 Å². The van der Waals surface area contributed by atoms with Gasteiger partial charge in [0.1, 0.15) is 41.6 Å². The second-order valence-corrected chi connectivity index (χ2v) is 7.81. The Bertz CT molecular complexity index is 1300. The Balaban J connectivity index is 1.46. The van der Waals surface area contributed by atoms with E-state index in [1.807, 2.05) is 0 Å². The molecular formula is C22H20O12. The van der Waals surface area contributed by atoms with Gasteiger partial charge in [-0.1, -0.05) is 6.07 Å². The molecule has 2 aliphatic rings. The minimum Gasteiger partial charge on any atom is -0.504 e. The van der Waals surface area contributed by atoms with Crippen LogP contribution in [0, 0.1) is 0 Å². The summed E-state index contributed by atoms with van der Waals surface area (Å²) in [5, 5.41) is 60.0. The van der Waals surface area contributed by atoms with Gasteiger partial charge in [0.15, 0.2) is 23.0 Å². The molecule has 3 heterocycles. The molecule has 3 aromatic rings. The number of benzene rings is 2. The Morgan fingerprint density at radius 2 is 1.82 bits per heavy atom. The van der Waals surface area contributed by atoms with Crippen LogP contribution in [0.15, 0.2) is 39.7 Å². The van der Waals surface area contributed by atoms with E-state index in [4.69, 9.17) is 23.4 Å². The minimum absolute atomic E-state index is 0.0244. The Kier molecular flexibility index (Phi) is 5.46. The molecule has 1 fully saturated rings. The summed E-state index contributed by atoms with van der Waals surface area (Å²) >= 11 is 0. The maximum Gasteiger partial charge on any atom is 0.231 e. The third-order valence-corrected chi connectivity index (χ3v) is 5.74. The van der Waals surface area contributed by atoms with Gasteiger partial charge in [0.25, 0.3) is 0 Å². The van der Waals surface area contributed by atoms with E-state index < -0.39 is 54.2 Å². The summed E-state index contributed by atoms with van der Waals surface area (Å²) in [6, 6.07) is 5.33. The van der Waals surface area contributed by atoms with Crippen LogP contribution in [0.25, 0.3) is 22.1 Å². The van der Waals surface area contributed by atoms with Crippen molar-refractivity contribution < 1.29 is 54.0 Å². The summed E-state index contributed by atoms with van der Waals surface area (Å²) in [6.45, 7) is -0.745. The van der Waals surface area contributed by atoms with E-state index in [9.17, 15) is 35.4 Å². The van der Waals surface area contributed by atoms with Crippen molar-refractivity contribution in [3.05, 3.63) is 40.8 Å². The van der Waals surface area contributed by atoms with Crippen molar-refractivity contribution in [2.45, 2.75) is 30.7 Å². The van der Waals surface area contributed by atoms with Gasteiger partial charge in [-0.2, -0.15) is 0 Å². The zero-order valence-electron chi connectivity index (χ0n) is 17.3. The molecule has 6 N–H and O–H groups in total. The zero-order valence-corrected chi connectivity index (χ0v) is 17.3. The van der Waals surface area contributed by atoms with E-state index in [0.29, 0.717) is 0 Å². The number of phenols is 2. The molecule has 1 saturated heterocycles. The largest absolute Gasteiger partial charge is 0.504 e. The van der Waals surface area contributed by atoms with Gasteiger partial charge in [-0.15, -0.1) is 0 Å². The molecule has 5 atom stereocenters. The number of ether oxygens (including phenoxy) is 4. The second kappa shape index (κ2) is 8.34. The molecule has 0 bridgehead atoms. The van der Waals surface area contributed by atoms with E-state index in [1.54, 1.807) is 0 Å². The molecule has 12 nitrogen and oxygen atoms in total. The fourth-order valence-electron chi connectivity index (χ4n) is 3.90. The van der Waals surface area contributed by atoms with Gasteiger partial charge >= 0.3 is 0 Å². The average molecular weight is 476 g/mol. The molecule has 12 heteroatoms. The smallest absolute Gasteiger partial charge is 0.231 e. The van der Waals surface area contributed by atoms with Crippen LogP contribution in [0.5, 0.6) is 28.7 Å². The average Bonchev–Trinajstić information content (AvgIpc) is 3.30. The Labute approximate surface area is 190 Å². The summed E-state index contributed by atoms with van der Waals surface area (Å²) in [5.41, 5.74) is -0.246. The summed E-state index contributed by atoms with van der Waals surface area (Å²) < 4.78 is 26.6. The molecule has 2 aliphatic heterocycles. The van der Waals surface area contributed by atoms with Crippen molar-refractivity contribution in [3.63, 3.8) is 0 Å². The van der Waals surface area contributed by atoms with E-state index in [-0.39, 0.29) is 46.1 Å². The number of fused-ring (bicyclic) bond motifs is 2. The molecule has 0 amide bonds. The predicted molar refractivity (Wildman–Crippen MR) is 112 cm³/mol. The third-order valence-electron chi connectivity index (χ3n) is 5.74. The highest BCUT2D eigenvalue weighted by Crippen LogP contribution is 2.45. The van der Waals surface area contributed by atoms with Gasteiger partial charge in [0.05, 0.1) is 12.2 Å². The summed E-state index contributed by atoms with van der Waals surface area (Å²) in [6.07, 6.45) is -6.39. The first kappa shape index (κ1) is 22.3. The molecule has 0 spiro atoms. The number of phenolic OH excluding ortho intramolecular Hbond substituents is 2. The van der Waals surface area contributed by atoms with E-state index in [1.165, 1.54) is 30.5 Å². The molecule has 5 rings (SSSR count). The van der Waals surface area contributed by atoms with Gasteiger partial charge in [0, 0.05) is 6.07 Å². The Hall–Kier alpha value is -3.55. The maximum atomic E-state index is 13.1. The molecule has 0 aliphatic carbocycles. The standard InChI is InChI=1S/C22H20O12/c23-5-14-17(26)19(28)20(29)22(34-14)33-11-2-1-8(3-10(11)24)9-6-30-12-4-13-21(32-7-31-13)18(27)15(12)16(9)25/h1-4,6,14,17,19-20,22-24,26-29H,5,7H2. The fraction of sp³-hybridized carbons (Fsp3) is 0.318. The number of hydrogen-bond acceptors (Lipinski definition) is 12. The summed E-state index contributed by atoms with van der Waals surface area (Å²) in [7, 11) is 0. The van der Waals surface area contributed by atoms with Crippen molar-refractivity contribution in [2.24, 2.45) is 0 Å². The number of hydrogen-bond donors (Lipinski definition) is 6. The van der Waals surface area contributed by atoms with Crippen LogP contribution in [0.1, 0.15) is 0 Å². The first-order chi connectivity index (χ1) is 16.3. The lowest BCUT2D eigenvalue weighted by molar-refractivity contribution is -0.277. The lowest BCUT2D eigenvalue weighted by atomic mass is 9.99. The summed E-state index contributed by atoms with van der Waals surface area (Å²) in [5.74, 6) is -0.753. The van der Waals surface area contributed by atoms with Gasteiger partial charge in [-0.3, -0.25) is 4.79 Å². The summed E-state index contributed by atoms with van der Waals surface area (Å²) in [4.78, 5) is 13.1. The first-order valence-corrected chi connectivity index (χ1v) is 10.2. The molecule has 1 aromatic heterocycles. The van der Waals surface area contributed by atoms with Crippen LogP contribution in [0.4, 0.5) is 0 Å². The molecule has 0 saturated carbocycles. The zero-order chi connectivity index (χ0) is 24.1. The SMILES string of the molecule is O=c1c(-c2ccc(OC3OC(CO)C(O)C(O)C3O)c(O)c2)coc2cc3c(c(O)c12)OCO3. The highest BCUT2D eigenvalue weighted by molar-refractivity contribution is 5.91. The number of aliphatic hydroxyl groups excluding tert-OH is 4. The predicted octanol–water partition coefficient (Wildman–Crippen LogP) is -0.221. The van der Waals surface area contributed by atoms with Crippen LogP contribution in [-0.4, -0.2) is 74.7 Å². The lowest BCUT2D eigenvalue weighted by Gasteiger charge is -2.39. The first-order valence-electron chi connectivity index (χ1n) is 10.2. The van der Waals surface area contributed by atoms with Crippen LogP contribution in [-0.2, 0) is 4.74 Å². The molecule has 2 aromatic carbocycles. The van der Waals surface area contributed by atoms with Crippen LogP contribution in [0.2, 0.25) is 0 Å². The molecular weight excluding hydrogens is 456 g/mol. The monoisotopic (exact) mass is 476 g/mol. The lowest BCUT2D eigenvalue weighted by Crippen LogP contribution is -2.60. The van der Waals surface area contributed by atoms with Crippen molar-refractivity contribution >= 4 is 11.0 Å². The quantitative estimate of drug-likeness (QED) is 0.291. The molecule has 5 unspecified atom stereocenters. The highest BCUT2D eigenvalue weighted by Gasteiger charge is 2.45. The second-order valence-electron chi connectivity index (χ2n) is 7.81. The molecule has 0 radical (unpaired) electrons. The van der Waals surface area contributed by atoms with Crippen LogP contribution in [0.3, 0.4) is 0 Å². The molecule has 180 valence electrons. The molecule has 34 heavy (non-hydrogen) atoms. The minimum atomic E-state index is -1.67.